The smallest absolute Gasteiger partial charge is 0.310 e. The number of hydrogen-bond acceptors (Lipinski definition) is 7. The van der Waals surface area contributed by atoms with Crippen LogP contribution in [0.1, 0.15) is 32.3 Å². The maximum atomic E-state index is 11.8. The first kappa shape index (κ1) is 22.6. The third-order valence-electron chi connectivity index (χ3n) is 5.38. The van der Waals surface area contributed by atoms with Gasteiger partial charge in [-0.3, -0.25) is 4.79 Å². The van der Waals surface area contributed by atoms with E-state index in [4.69, 9.17) is 23.7 Å². The Kier molecular flexibility index (Phi) is 8.24. The molecular weight excluding hydrogens is 364 g/mol. The van der Waals surface area contributed by atoms with Gasteiger partial charge in [0.05, 0.1) is 46.1 Å². The summed E-state index contributed by atoms with van der Waals surface area (Å²) in [6, 6.07) is 7.70. The fourth-order valence-electron chi connectivity index (χ4n) is 3.55. The topological polar surface area (TPSA) is 83.5 Å². The van der Waals surface area contributed by atoms with Crippen LogP contribution in [0.3, 0.4) is 0 Å². The zero-order chi connectivity index (χ0) is 20.7. The number of methoxy groups -OCH3 is 3. The van der Waals surface area contributed by atoms with E-state index in [-0.39, 0.29) is 30.8 Å². The first-order chi connectivity index (χ1) is 13.3. The summed E-state index contributed by atoms with van der Waals surface area (Å²) in [5, 5.41) is 10.5. The fraction of sp³-hybridized carbons (Fsp3) is 0.667. The van der Waals surface area contributed by atoms with Crippen LogP contribution >= 0.6 is 0 Å². The van der Waals surface area contributed by atoms with Gasteiger partial charge in [-0.05, 0) is 17.7 Å². The number of benzene rings is 1. The van der Waals surface area contributed by atoms with Gasteiger partial charge in [-0.1, -0.05) is 26.0 Å². The van der Waals surface area contributed by atoms with E-state index < -0.39 is 17.9 Å². The molecule has 0 saturated carbocycles. The lowest BCUT2D eigenvalue weighted by Crippen LogP contribution is -2.55. The molecule has 0 aliphatic carbocycles. The molecule has 2 rings (SSSR count). The van der Waals surface area contributed by atoms with Crippen molar-refractivity contribution < 1.29 is 33.6 Å². The summed E-state index contributed by atoms with van der Waals surface area (Å²) in [5.74, 6) is -0.938. The Morgan fingerprint density at radius 3 is 2.54 bits per heavy atom. The van der Waals surface area contributed by atoms with Crippen molar-refractivity contribution in [2.75, 3.05) is 27.9 Å². The first-order valence-corrected chi connectivity index (χ1v) is 9.52. The maximum Gasteiger partial charge on any atom is 0.310 e. The summed E-state index contributed by atoms with van der Waals surface area (Å²) in [6.45, 7) is 4.86. The molecule has 1 aromatic rings. The van der Waals surface area contributed by atoms with Crippen molar-refractivity contribution in [2.24, 2.45) is 11.8 Å². The van der Waals surface area contributed by atoms with Gasteiger partial charge in [0.25, 0.3) is 0 Å². The highest BCUT2D eigenvalue weighted by molar-refractivity contribution is 5.70. The lowest BCUT2D eigenvalue weighted by atomic mass is 9.82. The normalized spacial score (nSPS) is 28.6. The SMILES string of the molecule is COC(=O)C[C@]1(OC)C[C@H](O)[C@@H](C)[C@H]([C@H](C)COCc2ccc(OC)cc2)O1. The van der Waals surface area contributed by atoms with Gasteiger partial charge in [-0.25, -0.2) is 0 Å². The molecule has 1 saturated heterocycles. The average molecular weight is 396 g/mol. The molecule has 0 unspecified atom stereocenters. The van der Waals surface area contributed by atoms with Crippen LogP contribution in [0.25, 0.3) is 0 Å². The third-order valence-corrected chi connectivity index (χ3v) is 5.38. The summed E-state index contributed by atoms with van der Waals surface area (Å²) in [5.41, 5.74) is 1.04. The summed E-state index contributed by atoms with van der Waals surface area (Å²) < 4.78 is 27.5. The molecule has 0 spiro atoms. The van der Waals surface area contributed by atoms with E-state index in [1.165, 1.54) is 14.2 Å². The Morgan fingerprint density at radius 1 is 1.29 bits per heavy atom. The Bertz CT molecular complexity index is 618. The molecule has 5 atom stereocenters. The number of hydrogen-bond donors (Lipinski definition) is 1. The fourth-order valence-corrected chi connectivity index (χ4v) is 3.55. The van der Waals surface area contributed by atoms with Crippen molar-refractivity contribution in [1.29, 1.82) is 0 Å². The van der Waals surface area contributed by atoms with Gasteiger partial charge < -0.3 is 28.8 Å². The molecule has 1 heterocycles. The van der Waals surface area contributed by atoms with Gasteiger partial charge in [0, 0.05) is 25.4 Å². The molecule has 1 N–H and O–H groups in total. The van der Waals surface area contributed by atoms with Gasteiger partial charge in [-0.15, -0.1) is 0 Å². The third kappa shape index (κ3) is 5.67. The van der Waals surface area contributed by atoms with Gasteiger partial charge in [-0.2, -0.15) is 0 Å². The van der Waals surface area contributed by atoms with Crippen LogP contribution in [0.2, 0.25) is 0 Å². The van der Waals surface area contributed by atoms with Crippen LogP contribution in [-0.4, -0.2) is 57.0 Å². The lowest BCUT2D eigenvalue weighted by Gasteiger charge is -2.46. The van der Waals surface area contributed by atoms with Crippen LogP contribution in [0.5, 0.6) is 5.75 Å². The number of esters is 1. The highest BCUT2D eigenvalue weighted by Gasteiger charge is 2.48. The molecular formula is C21H32O7. The molecule has 0 amide bonds. The van der Waals surface area contributed by atoms with Gasteiger partial charge in [0.15, 0.2) is 5.79 Å². The zero-order valence-electron chi connectivity index (χ0n) is 17.3. The van der Waals surface area contributed by atoms with E-state index in [0.717, 1.165) is 11.3 Å². The van der Waals surface area contributed by atoms with E-state index in [0.29, 0.717) is 13.2 Å². The number of aliphatic hydroxyl groups is 1. The second-order valence-corrected chi connectivity index (χ2v) is 7.42. The van der Waals surface area contributed by atoms with Crippen LogP contribution in [-0.2, 0) is 30.3 Å². The van der Waals surface area contributed by atoms with E-state index in [1.54, 1.807) is 7.11 Å². The Hall–Kier alpha value is -1.67. The largest absolute Gasteiger partial charge is 0.497 e. The molecule has 7 nitrogen and oxygen atoms in total. The Labute approximate surface area is 166 Å². The van der Waals surface area contributed by atoms with Crippen LogP contribution in [0, 0.1) is 11.8 Å². The number of aliphatic hydroxyl groups excluding tert-OH is 1. The number of carbonyl (C=O) groups excluding carboxylic acids is 1. The Balaban J connectivity index is 1.96. The average Bonchev–Trinajstić information content (AvgIpc) is 2.70. The molecule has 28 heavy (non-hydrogen) atoms. The van der Waals surface area contributed by atoms with E-state index in [9.17, 15) is 9.90 Å². The highest BCUT2D eigenvalue weighted by atomic mass is 16.7. The van der Waals surface area contributed by atoms with Gasteiger partial charge in [0.2, 0.25) is 0 Å². The van der Waals surface area contributed by atoms with Crippen molar-refractivity contribution in [3.63, 3.8) is 0 Å². The van der Waals surface area contributed by atoms with E-state index >= 15 is 0 Å². The monoisotopic (exact) mass is 396 g/mol. The van der Waals surface area contributed by atoms with Gasteiger partial charge in [0.1, 0.15) is 5.75 Å². The molecule has 0 radical (unpaired) electrons. The number of ether oxygens (including phenoxy) is 5. The molecule has 1 fully saturated rings. The van der Waals surface area contributed by atoms with Crippen molar-refractivity contribution >= 4 is 5.97 Å². The van der Waals surface area contributed by atoms with E-state index in [2.05, 4.69) is 0 Å². The minimum Gasteiger partial charge on any atom is -0.497 e. The predicted octanol–water partition coefficient (Wildman–Crippen LogP) is 2.54. The van der Waals surface area contributed by atoms with Crippen molar-refractivity contribution in [1.82, 2.24) is 0 Å². The molecule has 1 aliphatic rings. The van der Waals surface area contributed by atoms with E-state index in [1.807, 2.05) is 38.1 Å². The second-order valence-electron chi connectivity index (χ2n) is 7.42. The van der Waals surface area contributed by atoms with Crippen LogP contribution in [0.15, 0.2) is 24.3 Å². The summed E-state index contributed by atoms with van der Waals surface area (Å²) in [6.07, 6.45) is -0.813. The molecule has 7 heteroatoms. The zero-order valence-corrected chi connectivity index (χ0v) is 17.3. The second kappa shape index (κ2) is 10.2. The predicted molar refractivity (Wildman–Crippen MR) is 103 cm³/mol. The molecule has 158 valence electrons. The summed E-state index contributed by atoms with van der Waals surface area (Å²) in [7, 11) is 4.43. The minimum absolute atomic E-state index is 0.00429. The first-order valence-electron chi connectivity index (χ1n) is 9.52. The standard InChI is InChI=1S/C21H32O7/c1-14(12-27-13-16-6-8-17(24-3)9-7-16)20-15(2)18(22)10-21(26-5,28-20)11-19(23)25-4/h6-9,14-15,18,20,22H,10-13H2,1-5H3/t14-,15-,18+,20+,21+/m1/s1. The molecule has 1 aliphatic heterocycles. The lowest BCUT2D eigenvalue weighted by molar-refractivity contribution is -0.310. The van der Waals surface area contributed by atoms with Crippen molar-refractivity contribution in [3.05, 3.63) is 29.8 Å². The molecule has 0 aromatic heterocycles. The highest BCUT2D eigenvalue weighted by Crippen LogP contribution is 2.38. The van der Waals surface area contributed by atoms with Crippen LogP contribution < -0.4 is 4.74 Å². The number of carbonyl (C=O) groups is 1. The Morgan fingerprint density at radius 2 is 1.96 bits per heavy atom. The van der Waals surface area contributed by atoms with Crippen molar-refractivity contribution in [3.8, 4) is 5.75 Å². The number of rotatable bonds is 9. The minimum atomic E-state index is -1.19. The quantitative estimate of drug-likeness (QED) is 0.642. The van der Waals surface area contributed by atoms with Crippen molar-refractivity contribution in [2.45, 2.75) is 51.3 Å². The summed E-state index contributed by atoms with van der Waals surface area (Å²) in [4.78, 5) is 11.8. The molecule has 0 bridgehead atoms. The van der Waals surface area contributed by atoms with Crippen LogP contribution in [0.4, 0.5) is 0 Å². The van der Waals surface area contributed by atoms with Gasteiger partial charge >= 0.3 is 5.97 Å². The summed E-state index contributed by atoms with van der Waals surface area (Å²) >= 11 is 0. The molecule has 1 aromatic carbocycles. The maximum absolute atomic E-state index is 11.8.